The molecule has 7 nitrogen and oxygen atoms in total. The Morgan fingerprint density at radius 1 is 1.30 bits per heavy atom. The summed E-state index contributed by atoms with van der Waals surface area (Å²) < 4.78 is 0. The van der Waals surface area contributed by atoms with Gasteiger partial charge in [-0.05, 0) is 12.0 Å². The van der Waals surface area contributed by atoms with Crippen molar-refractivity contribution in [1.29, 1.82) is 0 Å². The first-order chi connectivity index (χ1) is 11.0. The third-order valence-electron chi connectivity index (χ3n) is 3.65. The molecule has 122 valence electrons. The van der Waals surface area contributed by atoms with E-state index in [1.54, 1.807) is 0 Å². The molecule has 0 radical (unpaired) electrons. The van der Waals surface area contributed by atoms with Crippen LogP contribution in [0.4, 0.5) is 4.79 Å². The molecule has 2 N–H and O–H groups in total. The second-order valence-electron chi connectivity index (χ2n) is 5.38. The Morgan fingerprint density at radius 3 is 2.57 bits per heavy atom. The highest BCUT2D eigenvalue weighted by molar-refractivity contribution is 6.18. The fourth-order valence-electron chi connectivity index (χ4n) is 2.40. The van der Waals surface area contributed by atoms with Gasteiger partial charge in [-0.3, -0.25) is 14.5 Å². The standard InChI is InChI=1S/C16H20N4O3/c1-3-7-12(21)20(10-11-8-5-4-6-9-11)13-14(17)18-16(23)19(2)15(13)22/h4-6,8-9,13H,3,7,10H2,1-2H3,(H2,17,18,23). The number of rotatable bonds is 5. The first-order valence-corrected chi connectivity index (χ1v) is 7.44. The Labute approximate surface area is 134 Å². The highest BCUT2D eigenvalue weighted by Gasteiger charge is 2.40. The number of benzene rings is 1. The van der Waals surface area contributed by atoms with E-state index in [0.717, 1.165) is 10.5 Å². The van der Waals surface area contributed by atoms with Crippen LogP contribution in [0.15, 0.2) is 35.3 Å². The Hall–Kier alpha value is -2.70. The van der Waals surface area contributed by atoms with Gasteiger partial charge in [0.15, 0.2) is 6.04 Å². The smallest absolute Gasteiger partial charge is 0.351 e. The molecule has 0 spiro atoms. The van der Waals surface area contributed by atoms with E-state index in [2.05, 4.69) is 4.99 Å². The molecule has 0 bridgehead atoms. The quantitative estimate of drug-likeness (QED) is 0.881. The average molecular weight is 316 g/mol. The summed E-state index contributed by atoms with van der Waals surface area (Å²) in [6.07, 6.45) is 0.943. The van der Waals surface area contributed by atoms with Crippen LogP contribution in [0.25, 0.3) is 0 Å². The number of aliphatic imine (C=N–C) groups is 1. The normalized spacial score (nSPS) is 17.9. The highest BCUT2D eigenvalue weighted by atomic mass is 16.2. The number of likely N-dealkylation sites (N-methyl/N-ethyl adjacent to an activating group) is 1. The number of carbonyl (C=O) groups excluding carboxylic acids is 3. The summed E-state index contributed by atoms with van der Waals surface area (Å²) in [5.74, 6) is -0.878. The van der Waals surface area contributed by atoms with Crippen molar-refractivity contribution in [2.45, 2.75) is 32.4 Å². The molecule has 0 saturated heterocycles. The molecule has 4 amide bonds. The number of urea groups is 1. The third kappa shape index (κ3) is 3.56. The monoisotopic (exact) mass is 316 g/mol. The van der Waals surface area contributed by atoms with Gasteiger partial charge in [-0.25, -0.2) is 4.79 Å². The maximum absolute atomic E-state index is 12.5. The van der Waals surface area contributed by atoms with Crippen LogP contribution in [0.3, 0.4) is 0 Å². The van der Waals surface area contributed by atoms with Crippen LogP contribution in [-0.2, 0) is 16.1 Å². The molecule has 1 heterocycles. The Morgan fingerprint density at radius 2 is 1.96 bits per heavy atom. The minimum atomic E-state index is -1.04. The van der Waals surface area contributed by atoms with E-state index in [9.17, 15) is 14.4 Å². The van der Waals surface area contributed by atoms with Crippen LogP contribution >= 0.6 is 0 Å². The Balaban J connectivity index is 2.36. The van der Waals surface area contributed by atoms with Gasteiger partial charge in [0.25, 0.3) is 5.91 Å². The molecule has 1 aromatic rings. The molecular weight excluding hydrogens is 296 g/mol. The average Bonchev–Trinajstić information content (AvgIpc) is 2.53. The van der Waals surface area contributed by atoms with E-state index in [-0.39, 0.29) is 18.3 Å². The van der Waals surface area contributed by atoms with Crippen molar-refractivity contribution in [2.24, 2.45) is 10.7 Å². The predicted octanol–water partition coefficient (Wildman–Crippen LogP) is 1.13. The maximum atomic E-state index is 12.5. The second-order valence-corrected chi connectivity index (χ2v) is 5.38. The van der Waals surface area contributed by atoms with E-state index < -0.39 is 18.0 Å². The maximum Gasteiger partial charge on any atom is 0.351 e. The lowest BCUT2D eigenvalue weighted by atomic mass is 10.1. The topological polar surface area (TPSA) is 96.1 Å². The lowest BCUT2D eigenvalue weighted by Crippen LogP contribution is -2.59. The van der Waals surface area contributed by atoms with Gasteiger partial charge in [-0.2, -0.15) is 4.99 Å². The largest absolute Gasteiger partial charge is 0.385 e. The van der Waals surface area contributed by atoms with Crippen LogP contribution in [0.1, 0.15) is 25.3 Å². The van der Waals surface area contributed by atoms with E-state index in [1.165, 1.54) is 11.9 Å². The van der Waals surface area contributed by atoms with Crippen LogP contribution in [0, 0.1) is 0 Å². The summed E-state index contributed by atoms with van der Waals surface area (Å²) in [5, 5.41) is 0. The summed E-state index contributed by atoms with van der Waals surface area (Å²) in [7, 11) is 1.33. The van der Waals surface area contributed by atoms with E-state index in [0.29, 0.717) is 12.8 Å². The van der Waals surface area contributed by atoms with Crippen molar-refractivity contribution in [1.82, 2.24) is 9.80 Å². The SMILES string of the molecule is CCCC(=O)N(Cc1ccccc1)C1C(=O)N(C)C(=O)N=C1N. The van der Waals surface area contributed by atoms with Gasteiger partial charge in [0.2, 0.25) is 5.91 Å². The van der Waals surface area contributed by atoms with Crippen LogP contribution in [-0.4, -0.2) is 46.6 Å². The lowest BCUT2D eigenvalue weighted by Gasteiger charge is -2.34. The molecule has 0 saturated carbocycles. The number of amides is 4. The number of hydrogen-bond donors (Lipinski definition) is 1. The summed E-state index contributed by atoms with van der Waals surface area (Å²) in [6, 6.07) is 7.55. The van der Waals surface area contributed by atoms with E-state index in [4.69, 9.17) is 5.73 Å². The Bertz CT molecular complexity index is 642. The third-order valence-corrected chi connectivity index (χ3v) is 3.65. The number of nitrogens with two attached hydrogens (primary N) is 1. The van der Waals surface area contributed by atoms with Crippen LogP contribution in [0.2, 0.25) is 0 Å². The van der Waals surface area contributed by atoms with E-state index in [1.807, 2.05) is 37.3 Å². The molecule has 1 unspecified atom stereocenters. The fraction of sp³-hybridized carbons (Fsp3) is 0.375. The van der Waals surface area contributed by atoms with Crippen molar-refractivity contribution in [3.8, 4) is 0 Å². The number of nitrogens with zero attached hydrogens (tertiary/aromatic N) is 3. The van der Waals surface area contributed by atoms with Crippen molar-refractivity contribution in [2.75, 3.05) is 7.05 Å². The second kappa shape index (κ2) is 7.04. The lowest BCUT2D eigenvalue weighted by molar-refractivity contribution is -0.141. The minimum Gasteiger partial charge on any atom is -0.385 e. The molecule has 2 rings (SSSR count). The molecular formula is C16H20N4O3. The molecule has 23 heavy (non-hydrogen) atoms. The van der Waals surface area contributed by atoms with Gasteiger partial charge in [-0.15, -0.1) is 0 Å². The van der Waals surface area contributed by atoms with Gasteiger partial charge >= 0.3 is 6.03 Å². The molecule has 0 aromatic heterocycles. The summed E-state index contributed by atoms with van der Waals surface area (Å²) in [6.45, 7) is 2.11. The van der Waals surface area contributed by atoms with Crippen molar-refractivity contribution in [3.05, 3.63) is 35.9 Å². The van der Waals surface area contributed by atoms with Gasteiger partial charge < -0.3 is 10.6 Å². The first kappa shape index (κ1) is 16.7. The van der Waals surface area contributed by atoms with Crippen molar-refractivity contribution >= 4 is 23.7 Å². The molecule has 0 aliphatic carbocycles. The van der Waals surface area contributed by atoms with Crippen LogP contribution < -0.4 is 5.73 Å². The molecule has 7 heteroatoms. The molecule has 1 aliphatic rings. The Kier molecular flexibility index (Phi) is 5.10. The predicted molar refractivity (Wildman–Crippen MR) is 85.5 cm³/mol. The number of hydrogen-bond acceptors (Lipinski definition) is 4. The molecule has 0 fully saturated rings. The summed E-state index contributed by atoms with van der Waals surface area (Å²) in [4.78, 5) is 42.4. The molecule has 1 atom stereocenters. The zero-order valence-corrected chi connectivity index (χ0v) is 13.2. The zero-order chi connectivity index (χ0) is 17.0. The van der Waals surface area contributed by atoms with E-state index >= 15 is 0 Å². The zero-order valence-electron chi connectivity index (χ0n) is 13.2. The summed E-state index contributed by atoms with van der Waals surface area (Å²) in [5.41, 5.74) is 6.67. The van der Waals surface area contributed by atoms with Crippen LogP contribution in [0.5, 0.6) is 0 Å². The van der Waals surface area contributed by atoms with Gasteiger partial charge in [0, 0.05) is 20.0 Å². The van der Waals surface area contributed by atoms with Gasteiger partial charge in [0.1, 0.15) is 5.84 Å². The number of imide groups is 1. The van der Waals surface area contributed by atoms with Gasteiger partial charge in [0.05, 0.1) is 0 Å². The highest BCUT2D eigenvalue weighted by Crippen LogP contribution is 2.16. The molecule has 1 aromatic carbocycles. The van der Waals surface area contributed by atoms with Gasteiger partial charge in [-0.1, -0.05) is 37.3 Å². The van der Waals surface area contributed by atoms with Crippen molar-refractivity contribution in [3.63, 3.8) is 0 Å². The summed E-state index contributed by atoms with van der Waals surface area (Å²) >= 11 is 0. The first-order valence-electron chi connectivity index (χ1n) is 7.44. The fourth-order valence-corrected chi connectivity index (χ4v) is 2.40. The minimum absolute atomic E-state index is 0.140. The number of carbonyl (C=O) groups is 3. The molecule has 1 aliphatic heterocycles. The number of amidine groups is 1. The van der Waals surface area contributed by atoms with Crippen molar-refractivity contribution < 1.29 is 14.4 Å².